The maximum Gasteiger partial charge on any atom is 0.106 e. The Morgan fingerprint density at radius 2 is 2.00 bits per heavy atom. The van der Waals surface area contributed by atoms with Gasteiger partial charge in [0.2, 0.25) is 0 Å². The summed E-state index contributed by atoms with van der Waals surface area (Å²) in [5.74, 6) is 0. The Balaban J connectivity index is 2.00. The Hall–Kier alpha value is -0.900. The zero-order valence-electron chi connectivity index (χ0n) is 12.9. The molecule has 2 atom stereocenters. The summed E-state index contributed by atoms with van der Waals surface area (Å²) in [7, 11) is 0. The van der Waals surface area contributed by atoms with Crippen molar-refractivity contribution < 1.29 is 9.84 Å². The quantitative estimate of drug-likeness (QED) is 0.898. The standard InChI is InChI=1S/C17H27NO2/c1-4-5-14-6-8-15(9-7-14)17(19)16-12-18(13(2)3)10-11-20-16/h6-9,13,16-17,19H,4-5,10-12H2,1-3H3. The second kappa shape index (κ2) is 7.21. The summed E-state index contributed by atoms with van der Waals surface area (Å²) >= 11 is 0. The highest BCUT2D eigenvalue weighted by molar-refractivity contribution is 5.25. The van der Waals surface area contributed by atoms with Gasteiger partial charge in [0.15, 0.2) is 0 Å². The Kier molecular flexibility index (Phi) is 5.58. The third-order valence-electron chi connectivity index (χ3n) is 4.07. The van der Waals surface area contributed by atoms with E-state index in [4.69, 9.17) is 4.74 Å². The second-order valence-electron chi connectivity index (χ2n) is 5.93. The van der Waals surface area contributed by atoms with Crippen molar-refractivity contribution in [1.29, 1.82) is 0 Å². The Bertz CT molecular complexity index is 402. The van der Waals surface area contributed by atoms with Crippen molar-refractivity contribution in [3.63, 3.8) is 0 Å². The van der Waals surface area contributed by atoms with E-state index in [0.29, 0.717) is 12.6 Å². The van der Waals surface area contributed by atoms with Crippen LogP contribution in [0.4, 0.5) is 0 Å². The Morgan fingerprint density at radius 1 is 1.30 bits per heavy atom. The van der Waals surface area contributed by atoms with Crippen LogP contribution in [0, 0.1) is 0 Å². The van der Waals surface area contributed by atoms with Gasteiger partial charge in [-0.25, -0.2) is 0 Å². The van der Waals surface area contributed by atoms with Crippen LogP contribution < -0.4 is 0 Å². The van der Waals surface area contributed by atoms with Crippen molar-refractivity contribution in [2.45, 2.75) is 51.9 Å². The fourth-order valence-electron chi connectivity index (χ4n) is 2.74. The van der Waals surface area contributed by atoms with Crippen molar-refractivity contribution in [3.05, 3.63) is 35.4 Å². The van der Waals surface area contributed by atoms with Gasteiger partial charge < -0.3 is 9.84 Å². The van der Waals surface area contributed by atoms with Crippen molar-refractivity contribution in [2.24, 2.45) is 0 Å². The lowest BCUT2D eigenvalue weighted by atomic mass is 10.00. The first-order valence-corrected chi connectivity index (χ1v) is 7.74. The number of hydrogen-bond donors (Lipinski definition) is 1. The molecule has 1 aromatic rings. The molecule has 0 radical (unpaired) electrons. The van der Waals surface area contributed by atoms with E-state index in [2.05, 4.69) is 37.8 Å². The van der Waals surface area contributed by atoms with E-state index in [0.717, 1.165) is 31.5 Å². The molecule has 1 aromatic carbocycles. The van der Waals surface area contributed by atoms with E-state index in [9.17, 15) is 5.11 Å². The number of ether oxygens (including phenoxy) is 1. The predicted octanol–water partition coefficient (Wildman–Crippen LogP) is 2.78. The summed E-state index contributed by atoms with van der Waals surface area (Å²) in [6.07, 6.45) is 1.59. The molecule has 20 heavy (non-hydrogen) atoms. The molecule has 0 aliphatic carbocycles. The lowest BCUT2D eigenvalue weighted by molar-refractivity contribution is -0.0961. The maximum atomic E-state index is 10.5. The van der Waals surface area contributed by atoms with E-state index in [1.165, 1.54) is 5.56 Å². The largest absolute Gasteiger partial charge is 0.386 e. The number of aliphatic hydroxyl groups is 1. The fourth-order valence-corrected chi connectivity index (χ4v) is 2.74. The number of benzene rings is 1. The summed E-state index contributed by atoms with van der Waals surface area (Å²) in [4.78, 5) is 2.36. The van der Waals surface area contributed by atoms with Gasteiger partial charge in [-0.2, -0.15) is 0 Å². The van der Waals surface area contributed by atoms with Crippen LogP contribution in [-0.4, -0.2) is 41.8 Å². The van der Waals surface area contributed by atoms with Gasteiger partial charge in [0.05, 0.1) is 6.61 Å². The van der Waals surface area contributed by atoms with E-state index in [1.54, 1.807) is 0 Å². The highest BCUT2D eigenvalue weighted by atomic mass is 16.5. The average molecular weight is 277 g/mol. The minimum atomic E-state index is -0.535. The highest BCUT2D eigenvalue weighted by Crippen LogP contribution is 2.23. The molecule has 1 N–H and O–H groups in total. The molecule has 112 valence electrons. The topological polar surface area (TPSA) is 32.7 Å². The van der Waals surface area contributed by atoms with Gasteiger partial charge in [-0.15, -0.1) is 0 Å². The molecule has 0 spiro atoms. The van der Waals surface area contributed by atoms with Gasteiger partial charge in [-0.1, -0.05) is 37.6 Å². The molecular weight excluding hydrogens is 250 g/mol. The smallest absolute Gasteiger partial charge is 0.106 e. The summed E-state index contributed by atoms with van der Waals surface area (Å²) in [6, 6.07) is 8.80. The van der Waals surface area contributed by atoms with Crippen LogP contribution in [0.3, 0.4) is 0 Å². The fraction of sp³-hybridized carbons (Fsp3) is 0.647. The minimum absolute atomic E-state index is 0.122. The molecule has 1 saturated heterocycles. The average Bonchev–Trinajstić information content (AvgIpc) is 2.48. The molecule has 1 aliphatic rings. The van der Waals surface area contributed by atoms with Crippen molar-refractivity contribution in [3.8, 4) is 0 Å². The molecule has 3 nitrogen and oxygen atoms in total. The summed E-state index contributed by atoms with van der Waals surface area (Å²) in [6.45, 7) is 9.02. The molecule has 0 bridgehead atoms. The van der Waals surface area contributed by atoms with Crippen molar-refractivity contribution >= 4 is 0 Å². The Labute approximate surface area is 122 Å². The molecular formula is C17H27NO2. The second-order valence-corrected chi connectivity index (χ2v) is 5.93. The number of morpholine rings is 1. The molecule has 1 heterocycles. The number of nitrogens with zero attached hydrogens (tertiary/aromatic N) is 1. The number of hydrogen-bond acceptors (Lipinski definition) is 3. The molecule has 0 aromatic heterocycles. The monoisotopic (exact) mass is 277 g/mol. The molecule has 2 unspecified atom stereocenters. The molecule has 3 heteroatoms. The number of rotatable bonds is 5. The van der Waals surface area contributed by atoms with Crippen LogP contribution in [0.1, 0.15) is 44.4 Å². The minimum Gasteiger partial charge on any atom is -0.386 e. The van der Waals surface area contributed by atoms with Crippen LogP contribution in [0.5, 0.6) is 0 Å². The van der Waals surface area contributed by atoms with Gasteiger partial charge in [-0.3, -0.25) is 4.90 Å². The molecule has 0 saturated carbocycles. The van der Waals surface area contributed by atoms with Crippen LogP contribution in [0.25, 0.3) is 0 Å². The first kappa shape index (κ1) is 15.5. The van der Waals surface area contributed by atoms with Crippen LogP contribution in [0.15, 0.2) is 24.3 Å². The molecule has 2 rings (SSSR count). The maximum absolute atomic E-state index is 10.5. The van der Waals surface area contributed by atoms with Gasteiger partial charge in [0.1, 0.15) is 12.2 Å². The summed E-state index contributed by atoms with van der Waals surface area (Å²) < 4.78 is 5.76. The van der Waals surface area contributed by atoms with Crippen molar-refractivity contribution in [1.82, 2.24) is 4.90 Å². The van der Waals surface area contributed by atoms with Crippen LogP contribution in [0.2, 0.25) is 0 Å². The zero-order valence-corrected chi connectivity index (χ0v) is 12.9. The van der Waals surface area contributed by atoms with E-state index in [-0.39, 0.29) is 6.10 Å². The van der Waals surface area contributed by atoms with Gasteiger partial charge in [0.25, 0.3) is 0 Å². The summed E-state index contributed by atoms with van der Waals surface area (Å²) in [5, 5.41) is 10.5. The molecule has 1 fully saturated rings. The van der Waals surface area contributed by atoms with Crippen LogP contribution >= 0.6 is 0 Å². The summed E-state index contributed by atoms with van der Waals surface area (Å²) in [5.41, 5.74) is 2.29. The van der Waals surface area contributed by atoms with E-state index < -0.39 is 6.10 Å². The normalized spacial score (nSPS) is 22.1. The first-order valence-electron chi connectivity index (χ1n) is 7.74. The van der Waals surface area contributed by atoms with Crippen molar-refractivity contribution in [2.75, 3.05) is 19.7 Å². The van der Waals surface area contributed by atoms with Gasteiger partial charge >= 0.3 is 0 Å². The third kappa shape index (κ3) is 3.81. The lowest BCUT2D eigenvalue weighted by Crippen LogP contribution is -2.47. The van der Waals surface area contributed by atoms with Crippen LogP contribution in [-0.2, 0) is 11.2 Å². The third-order valence-corrected chi connectivity index (χ3v) is 4.07. The highest BCUT2D eigenvalue weighted by Gasteiger charge is 2.28. The number of aryl methyl sites for hydroxylation is 1. The Morgan fingerprint density at radius 3 is 2.60 bits per heavy atom. The van der Waals surface area contributed by atoms with E-state index >= 15 is 0 Å². The lowest BCUT2D eigenvalue weighted by Gasteiger charge is -2.37. The molecule has 1 aliphatic heterocycles. The number of aliphatic hydroxyl groups excluding tert-OH is 1. The SMILES string of the molecule is CCCc1ccc(C(O)C2CN(C(C)C)CCO2)cc1. The predicted molar refractivity (Wildman–Crippen MR) is 81.8 cm³/mol. The zero-order chi connectivity index (χ0) is 14.5. The molecule has 0 amide bonds. The van der Waals surface area contributed by atoms with E-state index in [1.807, 2.05) is 12.1 Å². The van der Waals surface area contributed by atoms with Gasteiger partial charge in [0, 0.05) is 19.1 Å². The van der Waals surface area contributed by atoms with Gasteiger partial charge in [-0.05, 0) is 31.4 Å². The first-order chi connectivity index (χ1) is 9.61.